The summed E-state index contributed by atoms with van der Waals surface area (Å²) in [6, 6.07) is 4.64. The number of alkyl halides is 3. The van der Waals surface area contributed by atoms with E-state index in [1.165, 1.54) is 26.0 Å². The van der Waals surface area contributed by atoms with E-state index >= 15 is 0 Å². The van der Waals surface area contributed by atoms with Crippen LogP contribution in [0.1, 0.15) is 38.8 Å². The first kappa shape index (κ1) is 19.0. The second kappa shape index (κ2) is 6.22. The van der Waals surface area contributed by atoms with Crippen LogP contribution >= 0.6 is 0 Å². The summed E-state index contributed by atoms with van der Waals surface area (Å²) in [5.41, 5.74) is 2.52. The van der Waals surface area contributed by atoms with Gasteiger partial charge >= 0.3 is 6.18 Å². The van der Waals surface area contributed by atoms with Gasteiger partial charge < -0.3 is 11.1 Å². The van der Waals surface area contributed by atoms with Crippen molar-refractivity contribution in [3.63, 3.8) is 0 Å². The van der Waals surface area contributed by atoms with Crippen molar-refractivity contribution in [1.29, 1.82) is 0 Å². The Kier molecular flexibility index (Phi) is 5.13. The van der Waals surface area contributed by atoms with Gasteiger partial charge in [0.05, 0.1) is 16.4 Å². The molecule has 0 saturated heterocycles. The van der Waals surface area contributed by atoms with E-state index in [4.69, 9.17) is 5.73 Å². The van der Waals surface area contributed by atoms with Crippen molar-refractivity contribution in [2.45, 2.75) is 39.3 Å². The van der Waals surface area contributed by atoms with Crippen LogP contribution in [-0.2, 0) is 21.2 Å². The normalized spacial score (nSPS) is 12.8. The van der Waals surface area contributed by atoms with Crippen molar-refractivity contribution < 1.29 is 22.8 Å². The van der Waals surface area contributed by atoms with Crippen LogP contribution < -0.4 is 11.1 Å². The Morgan fingerprint density at radius 2 is 1.61 bits per heavy atom. The zero-order valence-corrected chi connectivity index (χ0v) is 13.5. The Hall–Kier alpha value is -2.05. The lowest BCUT2D eigenvalue weighted by molar-refractivity contribution is -0.138. The number of amides is 2. The number of primary amides is 1. The van der Waals surface area contributed by atoms with Crippen LogP contribution in [0.25, 0.3) is 0 Å². The highest BCUT2D eigenvalue weighted by Crippen LogP contribution is 2.33. The summed E-state index contributed by atoms with van der Waals surface area (Å²) >= 11 is 0. The second-order valence-electron chi connectivity index (χ2n) is 6.63. The highest BCUT2D eigenvalue weighted by molar-refractivity contribution is 5.88. The molecule has 0 aliphatic carbocycles. The van der Waals surface area contributed by atoms with Crippen LogP contribution in [-0.4, -0.2) is 18.4 Å². The monoisotopic (exact) mass is 330 g/mol. The minimum Gasteiger partial charge on any atom is -0.369 e. The summed E-state index contributed by atoms with van der Waals surface area (Å²) in [5, 5.41) is 2.58. The van der Waals surface area contributed by atoms with E-state index in [-0.39, 0.29) is 12.1 Å². The molecule has 0 fully saturated rings. The van der Waals surface area contributed by atoms with Gasteiger partial charge in [-0.3, -0.25) is 9.59 Å². The molecule has 0 unspecified atom stereocenters. The number of benzene rings is 1. The number of halogens is 3. The highest BCUT2D eigenvalue weighted by Gasteiger charge is 2.36. The molecule has 128 valence electrons. The van der Waals surface area contributed by atoms with E-state index in [0.717, 1.165) is 12.1 Å². The van der Waals surface area contributed by atoms with Gasteiger partial charge in [-0.05, 0) is 39.3 Å². The molecule has 0 saturated carbocycles. The van der Waals surface area contributed by atoms with E-state index in [0.29, 0.717) is 0 Å². The Balaban J connectivity index is 2.98. The largest absolute Gasteiger partial charge is 0.416 e. The number of hydrogen-bond donors (Lipinski definition) is 2. The molecular formula is C16H21F3N2O2. The van der Waals surface area contributed by atoms with Crippen molar-refractivity contribution in [1.82, 2.24) is 5.32 Å². The minimum absolute atomic E-state index is 0.00353. The molecule has 0 heterocycles. The van der Waals surface area contributed by atoms with Crippen LogP contribution in [0, 0.1) is 5.41 Å². The first-order valence-corrected chi connectivity index (χ1v) is 7.04. The summed E-state index contributed by atoms with van der Waals surface area (Å²) in [5.74, 6) is -1.05. The predicted molar refractivity (Wildman–Crippen MR) is 80.5 cm³/mol. The van der Waals surface area contributed by atoms with Gasteiger partial charge in [0.15, 0.2) is 0 Å². The van der Waals surface area contributed by atoms with Crippen LogP contribution in [0.4, 0.5) is 13.2 Å². The smallest absolute Gasteiger partial charge is 0.369 e. The molecule has 0 atom stereocenters. The molecule has 0 aliphatic heterocycles. The van der Waals surface area contributed by atoms with Gasteiger partial charge in [-0.1, -0.05) is 18.2 Å². The molecule has 1 aromatic carbocycles. The van der Waals surface area contributed by atoms with E-state index in [1.807, 2.05) is 0 Å². The quantitative estimate of drug-likeness (QED) is 0.871. The standard InChI is InChI=1S/C16H21F3N2O2/c1-14(2,12(20)22)9-21-13(23)15(3,4)10-6-5-7-11(8-10)16(17,18)19/h5-8H,9H2,1-4H3,(H2,20,22)(H,21,23). The van der Waals surface area contributed by atoms with Gasteiger partial charge in [-0.15, -0.1) is 0 Å². The van der Waals surface area contributed by atoms with Crippen molar-refractivity contribution in [3.05, 3.63) is 35.4 Å². The van der Waals surface area contributed by atoms with E-state index in [1.54, 1.807) is 13.8 Å². The maximum atomic E-state index is 12.8. The first-order valence-electron chi connectivity index (χ1n) is 7.04. The van der Waals surface area contributed by atoms with Crippen LogP contribution in [0.2, 0.25) is 0 Å². The van der Waals surface area contributed by atoms with Gasteiger partial charge in [0.2, 0.25) is 11.8 Å². The van der Waals surface area contributed by atoms with Crippen molar-refractivity contribution >= 4 is 11.8 Å². The van der Waals surface area contributed by atoms with Crippen LogP contribution in [0.3, 0.4) is 0 Å². The first-order chi connectivity index (χ1) is 10.3. The molecule has 4 nitrogen and oxygen atoms in total. The summed E-state index contributed by atoms with van der Waals surface area (Å²) in [7, 11) is 0. The summed E-state index contributed by atoms with van der Waals surface area (Å²) < 4.78 is 38.4. The second-order valence-corrected chi connectivity index (χ2v) is 6.63. The molecule has 0 radical (unpaired) electrons. The molecule has 3 N–H and O–H groups in total. The molecule has 1 rings (SSSR count). The van der Waals surface area contributed by atoms with Gasteiger partial charge in [0.1, 0.15) is 0 Å². The molecule has 23 heavy (non-hydrogen) atoms. The zero-order valence-electron chi connectivity index (χ0n) is 13.5. The van der Waals surface area contributed by atoms with Crippen molar-refractivity contribution in [2.24, 2.45) is 11.1 Å². The topological polar surface area (TPSA) is 72.2 Å². The lowest BCUT2D eigenvalue weighted by Crippen LogP contribution is -2.47. The number of carbonyl (C=O) groups is 2. The number of nitrogens with two attached hydrogens (primary N) is 1. The fourth-order valence-electron chi connectivity index (χ4n) is 1.82. The Morgan fingerprint density at radius 1 is 1.09 bits per heavy atom. The lowest BCUT2D eigenvalue weighted by Gasteiger charge is -2.28. The molecule has 7 heteroatoms. The van der Waals surface area contributed by atoms with Crippen LogP contribution in [0.15, 0.2) is 24.3 Å². The summed E-state index contributed by atoms with van der Waals surface area (Å²) in [4.78, 5) is 23.6. The molecule has 0 bridgehead atoms. The minimum atomic E-state index is -4.48. The third kappa shape index (κ3) is 4.46. The van der Waals surface area contributed by atoms with Crippen molar-refractivity contribution in [3.8, 4) is 0 Å². The molecular weight excluding hydrogens is 309 g/mol. The number of rotatable bonds is 5. The van der Waals surface area contributed by atoms with Gasteiger partial charge in [-0.25, -0.2) is 0 Å². The fourth-order valence-corrected chi connectivity index (χ4v) is 1.82. The third-order valence-electron chi connectivity index (χ3n) is 3.84. The fraction of sp³-hybridized carbons (Fsp3) is 0.500. The lowest BCUT2D eigenvalue weighted by atomic mass is 9.82. The number of carbonyl (C=O) groups excluding carboxylic acids is 2. The van der Waals surface area contributed by atoms with E-state index < -0.39 is 34.4 Å². The maximum Gasteiger partial charge on any atom is 0.416 e. The molecule has 1 aromatic rings. The maximum absolute atomic E-state index is 12.8. The van der Waals surface area contributed by atoms with E-state index in [2.05, 4.69) is 5.32 Å². The third-order valence-corrected chi connectivity index (χ3v) is 3.84. The number of nitrogens with one attached hydrogen (secondary N) is 1. The van der Waals surface area contributed by atoms with E-state index in [9.17, 15) is 22.8 Å². The zero-order chi connectivity index (χ0) is 18.1. The Labute approximate surface area is 133 Å². The summed E-state index contributed by atoms with van der Waals surface area (Å²) in [6.45, 7) is 6.20. The molecule has 0 aliphatic rings. The SMILES string of the molecule is CC(C)(CNC(=O)C(C)(C)c1cccc(C(F)(F)F)c1)C(N)=O. The van der Waals surface area contributed by atoms with Gasteiger partial charge in [0, 0.05) is 6.54 Å². The average molecular weight is 330 g/mol. The van der Waals surface area contributed by atoms with Gasteiger partial charge in [0.25, 0.3) is 0 Å². The Morgan fingerprint density at radius 3 is 2.09 bits per heavy atom. The molecule has 0 aromatic heterocycles. The Bertz CT molecular complexity index is 608. The summed E-state index contributed by atoms with van der Waals surface area (Å²) in [6.07, 6.45) is -4.48. The van der Waals surface area contributed by atoms with Crippen molar-refractivity contribution in [2.75, 3.05) is 6.54 Å². The van der Waals surface area contributed by atoms with Gasteiger partial charge in [-0.2, -0.15) is 13.2 Å². The molecule has 0 spiro atoms. The predicted octanol–water partition coefficient (Wildman–Crippen LogP) is 2.61. The molecule has 2 amide bonds. The van der Waals surface area contributed by atoms with Crippen LogP contribution in [0.5, 0.6) is 0 Å². The highest BCUT2D eigenvalue weighted by atomic mass is 19.4. The average Bonchev–Trinajstić information content (AvgIpc) is 2.43. The number of hydrogen-bond acceptors (Lipinski definition) is 2.